The van der Waals surface area contributed by atoms with Crippen LogP contribution in [0, 0.1) is 0 Å². The molecule has 0 saturated heterocycles. The molecular formula is C17H22ClN3. The molecule has 1 N–H and O–H groups in total. The molecule has 1 heterocycles. The van der Waals surface area contributed by atoms with Crippen LogP contribution in [0.5, 0.6) is 0 Å². The van der Waals surface area contributed by atoms with E-state index in [-0.39, 0.29) is 0 Å². The van der Waals surface area contributed by atoms with Crippen LogP contribution < -0.4 is 5.32 Å². The minimum absolute atomic E-state index is 0.461. The summed E-state index contributed by atoms with van der Waals surface area (Å²) < 4.78 is 2.11. The molecule has 2 aromatic rings. The Kier molecular flexibility index (Phi) is 4.32. The average molecular weight is 304 g/mol. The number of benzene rings is 1. The minimum atomic E-state index is 0.461. The number of hydrogen-bond donors (Lipinski definition) is 1. The normalized spacial score (nSPS) is 14.9. The van der Waals surface area contributed by atoms with E-state index >= 15 is 0 Å². The number of halogens is 1. The summed E-state index contributed by atoms with van der Waals surface area (Å²) in [4.78, 5) is 0. The van der Waals surface area contributed by atoms with E-state index in [4.69, 9.17) is 11.6 Å². The highest BCUT2D eigenvalue weighted by Crippen LogP contribution is 2.24. The lowest BCUT2D eigenvalue weighted by atomic mass is 10.1. The number of nitrogens with zero attached hydrogens (tertiary/aromatic N) is 2. The monoisotopic (exact) mass is 303 g/mol. The van der Waals surface area contributed by atoms with Gasteiger partial charge in [-0.2, -0.15) is 5.10 Å². The summed E-state index contributed by atoms with van der Waals surface area (Å²) in [7, 11) is 0. The smallest absolute Gasteiger partial charge is 0.0663 e. The maximum absolute atomic E-state index is 6.07. The molecule has 21 heavy (non-hydrogen) atoms. The molecule has 0 spiro atoms. The molecule has 0 bridgehead atoms. The summed E-state index contributed by atoms with van der Waals surface area (Å²) in [5, 5.41) is 8.95. The van der Waals surface area contributed by atoms with Crippen LogP contribution in [0.25, 0.3) is 0 Å². The van der Waals surface area contributed by atoms with Crippen LogP contribution in [0.3, 0.4) is 0 Å². The van der Waals surface area contributed by atoms with Crippen molar-refractivity contribution in [1.82, 2.24) is 15.1 Å². The van der Waals surface area contributed by atoms with Crippen LogP contribution in [0.1, 0.15) is 49.4 Å². The Morgan fingerprint density at radius 3 is 2.86 bits per heavy atom. The van der Waals surface area contributed by atoms with Crippen LogP contribution >= 0.6 is 11.6 Å². The first-order chi connectivity index (χ1) is 10.1. The fourth-order valence-corrected chi connectivity index (χ4v) is 2.93. The van der Waals surface area contributed by atoms with Gasteiger partial charge in [-0.1, -0.05) is 37.6 Å². The molecule has 112 valence electrons. The lowest BCUT2D eigenvalue weighted by Crippen LogP contribution is -2.17. The second-order valence-corrected chi connectivity index (χ2v) is 6.59. The van der Waals surface area contributed by atoms with E-state index in [9.17, 15) is 0 Å². The molecule has 1 aliphatic carbocycles. The highest BCUT2D eigenvalue weighted by atomic mass is 35.5. The molecule has 0 unspecified atom stereocenters. The van der Waals surface area contributed by atoms with E-state index in [1.807, 2.05) is 24.4 Å². The summed E-state index contributed by atoms with van der Waals surface area (Å²) in [6.07, 6.45) is 4.64. The number of hydrogen-bond acceptors (Lipinski definition) is 2. The molecule has 3 rings (SSSR count). The second-order valence-electron chi connectivity index (χ2n) is 6.15. The topological polar surface area (TPSA) is 29.9 Å². The van der Waals surface area contributed by atoms with E-state index in [1.165, 1.54) is 29.7 Å². The Morgan fingerprint density at radius 2 is 2.19 bits per heavy atom. The molecule has 0 aliphatic heterocycles. The zero-order chi connectivity index (χ0) is 14.8. The maximum Gasteiger partial charge on any atom is 0.0663 e. The van der Waals surface area contributed by atoms with Crippen LogP contribution in [0.4, 0.5) is 0 Å². The third-order valence-corrected chi connectivity index (χ3v) is 4.12. The predicted molar refractivity (Wildman–Crippen MR) is 86.7 cm³/mol. The van der Waals surface area contributed by atoms with Crippen molar-refractivity contribution < 1.29 is 0 Å². The van der Waals surface area contributed by atoms with Crippen molar-refractivity contribution in [2.75, 3.05) is 0 Å². The molecule has 1 aromatic heterocycles. The van der Waals surface area contributed by atoms with E-state index < -0.39 is 0 Å². The predicted octanol–water partition coefficient (Wildman–Crippen LogP) is 3.96. The Balaban J connectivity index is 1.80. The summed E-state index contributed by atoms with van der Waals surface area (Å²) in [6, 6.07) is 8.73. The third-order valence-electron chi connectivity index (χ3n) is 3.89. The van der Waals surface area contributed by atoms with Crippen LogP contribution in [-0.4, -0.2) is 15.8 Å². The molecule has 0 amide bonds. The van der Waals surface area contributed by atoms with Gasteiger partial charge in [-0.25, -0.2) is 0 Å². The Hall–Kier alpha value is -1.32. The van der Waals surface area contributed by atoms with Gasteiger partial charge >= 0.3 is 0 Å². The van der Waals surface area contributed by atoms with Gasteiger partial charge in [0.05, 0.1) is 12.7 Å². The van der Waals surface area contributed by atoms with E-state index in [1.54, 1.807) is 0 Å². The maximum atomic E-state index is 6.07. The van der Waals surface area contributed by atoms with Gasteiger partial charge < -0.3 is 5.32 Å². The molecule has 0 atom stereocenters. The van der Waals surface area contributed by atoms with Crippen molar-refractivity contribution in [2.24, 2.45) is 0 Å². The van der Waals surface area contributed by atoms with E-state index in [0.29, 0.717) is 5.92 Å². The van der Waals surface area contributed by atoms with Crippen molar-refractivity contribution >= 4 is 11.6 Å². The molecule has 4 heteroatoms. The highest BCUT2D eigenvalue weighted by Gasteiger charge is 2.22. The summed E-state index contributed by atoms with van der Waals surface area (Å²) in [5.41, 5.74) is 3.83. The lowest BCUT2D eigenvalue weighted by molar-refractivity contribution is 0.606. The summed E-state index contributed by atoms with van der Waals surface area (Å²) >= 11 is 6.07. The fraction of sp³-hybridized carbons (Fsp3) is 0.471. The van der Waals surface area contributed by atoms with Crippen molar-refractivity contribution in [2.45, 2.75) is 51.7 Å². The minimum Gasteiger partial charge on any atom is -0.310 e. The van der Waals surface area contributed by atoms with Gasteiger partial charge in [0.15, 0.2) is 0 Å². The van der Waals surface area contributed by atoms with Gasteiger partial charge in [0, 0.05) is 28.9 Å². The first-order valence-electron chi connectivity index (χ1n) is 7.66. The molecule has 1 saturated carbocycles. The van der Waals surface area contributed by atoms with Gasteiger partial charge in [-0.15, -0.1) is 0 Å². The number of aromatic nitrogens is 2. The van der Waals surface area contributed by atoms with Crippen molar-refractivity contribution in [1.29, 1.82) is 0 Å². The van der Waals surface area contributed by atoms with Crippen LogP contribution in [-0.2, 0) is 13.1 Å². The number of rotatable bonds is 6. The summed E-state index contributed by atoms with van der Waals surface area (Å²) in [5.74, 6) is 0.461. The molecule has 1 aliphatic rings. The van der Waals surface area contributed by atoms with Gasteiger partial charge in [0.25, 0.3) is 0 Å². The van der Waals surface area contributed by atoms with Gasteiger partial charge in [-0.3, -0.25) is 4.68 Å². The first kappa shape index (κ1) is 14.6. The SMILES string of the molecule is CC(C)c1c(CNC2CC2)cnn1Cc1cccc(Cl)c1. The largest absolute Gasteiger partial charge is 0.310 e. The van der Waals surface area contributed by atoms with Gasteiger partial charge in [0.2, 0.25) is 0 Å². The third kappa shape index (κ3) is 3.66. The van der Waals surface area contributed by atoms with Gasteiger partial charge in [-0.05, 0) is 36.5 Å². The molecule has 3 nitrogen and oxygen atoms in total. The number of nitrogens with one attached hydrogen (secondary N) is 1. The van der Waals surface area contributed by atoms with Crippen molar-refractivity contribution in [3.05, 3.63) is 52.3 Å². The Labute approximate surface area is 131 Å². The zero-order valence-electron chi connectivity index (χ0n) is 12.6. The van der Waals surface area contributed by atoms with Crippen LogP contribution in [0.2, 0.25) is 5.02 Å². The first-order valence-corrected chi connectivity index (χ1v) is 8.03. The van der Waals surface area contributed by atoms with E-state index in [2.05, 4.69) is 35.0 Å². The standard InChI is InChI=1S/C17H22ClN3/c1-12(2)17-14(9-19-16-6-7-16)10-20-21(17)11-13-4-3-5-15(18)8-13/h3-5,8,10,12,16,19H,6-7,9,11H2,1-2H3. The van der Waals surface area contributed by atoms with Crippen molar-refractivity contribution in [3.8, 4) is 0 Å². The molecule has 1 aromatic carbocycles. The molecule has 1 fully saturated rings. The summed E-state index contributed by atoms with van der Waals surface area (Å²) in [6.45, 7) is 6.16. The quantitative estimate of drug-likeness (QED) is 0.875. The highest BCUT2D eigenvalue weighted by molar-refractivity contribution is 6.30. The van der Waals surface area contributed by atoms with Crippen molar-refractivity contribution in [3.63, 3.8) is 0 Å². The van der Waals surface area contributed by atoms with Gasteiger partial charge in [0.1, 0.15) is 0 Å². The zero-order valence-corrected chi connectivity index (χ0v) is 13.4. The van der Waals surface area contributed by atoms with Crippen LogP contribution in [0.15, 0.2) is 30.5 Å². The Bertz CT molecular complexity index is 614. The fourth-order valence-electron chi connectivity index (χ4n) is 2.71. The van der Waals surface area contributed by atoms with E-state index in [0.717, 1.165) is 24.2 Å². The average Bonchev–Trinajstić information content (AvgIpc) is 3.17. The lowest BCUT2D eigenvalue weighted by Gasteiger charge is -2.13. The second kappa shape index (κ2) is 6.20. The molecular weight excluding hydrogens is 282 g/mol. The Morgan fingerprint density at radius 1 is 1.38 bits per heavy atom. The molecule has 0 radical (unpaired) electrons.